The normalized spacial score (nSPS) is 10.3. The largest absolute Gasteiger partial charge is 0.468 e. The molecule has 1 aromatic carbocycles. The van der Waals surface area contributed by atoms with Crippen LogP contribution in [0.15, 0.2) is 18.2 Å². The standard InChI is InChI=1S/C13H15ClO4/c1-8-4-9(6-10(14)5-8)7-11(12(15)17-2)13(16)18-3/h4-6,11H,7H2,1-3H3. The topological polar surface area (TPSA) is 52.6 Å². The Bertz CT molecular complexity index is 420. The predicted molar refractivity (Wildman–Crippen MR) is 67.4 cm³/mol. The van der Waals surface area contributed by atoms with Crippen LogP contribution >= 0.6 is 11.6 Å². The molecule has 1 aromatic rings. The first-order valence-electron chi connectivity index (χ1n) is 5.39. The molecule has 0 fully saturated rings. The molecule has 0 atom stereocenters. The zero-order valence-corrected chi connectivity index (χ0v) is 11.3. The first kappa shape index (κ1) is 14.5. The highest BCUT2D eigenvalue weighted by atomic mass is 35.5. The molecule has 0 amide bonds. The Balaban J connectivity index is 2.95. The summed E-state index contributed by atoms with van der Waals surface area (Å²) in [7, 11) is 2.48. The fourth-order valence-corrected chi connectivity index (χ4v) is 2.03. The molecule has 0 bridgehead atoms. The molecule has 0 saturated carbocycles. The molecule has 1 rings (SSSR count). The molecule has 0 radical (unpaired) electrons. The van der Waals surface area contributed by atoms with Crippen LogP contribution in [0.2, 0.25) is 5.02 Å². The van der Waals surface area contributed by atoms with Crippen molar-refractivity contribution in [1.82, 2.24) is 0 Å². The lowest BCUT2D eigenvalue weighted by atomic mass is 9.98. The van der Waals surface area contributed by atoms with Crippen LogP contribution in [0.3, 0.4) is 0 Å². The molecule has 4 nitrogen and oxygen atoms in total. The van der Waals surface area contributed by atoms with Gasteiger partial charge < -0.3 is 9.47 Å². The van der Waals surface area contributed by atoms with Crippen molar-refractivity contribution < 1.29 is 19.1 Å². The van der Waals surface area contributed by atoms with Gasteiger partial charge >= 0.3 is 11.9 Å². The second-order valence-corrected chi connectivity index (χ2v) is 4.38. The van der Waals surface area contributed by atoms with Crippen molar-refractivity contribution in [1.29, 1.82) is 0 Å². The summed E-state index contributed by atoms with van der Waals surface area (Å²) in [6.07, 6.45) is 0.209. The third-order valence-electron chi connectivity index (χ3n) is 2.51. The molecule has 0 aliphatic rings. The van der Waals surface area contributed by atoms with Gasteiger partial charge in [0.25, 0.3) is 0 Å². The van der Waals surface area contributed by atoms with Crippen LogP contribution in [0.5, 0.6) is 0 Å². The maximum absolute atomic E-state index is 11.5. The quantitative estimate of drug-likeness (QED) is 0.621. The van der Waals surface area contributed by atoms with E-state index in [0.29, 0.717) is 5.02 Å². The zero-order chi connectivity index (χ0) is 13.7. The molecule has 0 aliphatic carbocycles. The lowest BCUT2D eigenvalue weighted by molar-refractivity contribution is -0.158. The van der Waals surface area contributed by atoms with Gasteiger partial charge in [-0.1, -0.05) is 17.7 Å². The number of carbonyl (C=O) groups is 2. The van der Waals surface area contributed by atoms with Crippen LogP contribution in [-0.2, 0) is 25.5 Å². The monoisotopic (exact) mass is 270 g/mol. The summed E-state index contributed by atoms with van der Waals surface area (Å²) in [5.41, 5.74) is 1.76. The number of methoxy groups -OCH3 is 2. The fraction of sp³-hybridized carbons (Fsp3) is 0.385. The van der Waals surface area contributed by atoms with Gasteiger partial charge in [0.2, 0.25) is 0 Å². The van der Waals surface area contributed by atoms with Crippen LogP contribution in [0, 0.1) is 12.8 Å². The van der Waals surface area contributed by atoms with Crippen molar-refractivity contribution >= 4 is 23.5 Å². The average Bonchev–Trinajstić information content (AvgIpc) is 2.33. The second-order valence-electron chi connectivity index (χ2n) is 3.94. The highest BCUT2D eigenvalue weighted by molar-refractivity contribution is 6.30. The number of benzene rings is 1. The second kappa shape index (κ2) is 6.40. The predicted octanol–water partition coefficient (Wildman–Crippen LogP) is 2.15. The van der Waals surface area contributed by atoms with E-state index >= 15 is 0 Å². The van der Waals surface area contributed by atoms with E-state index in [1.54, 1.807) is 12.1 Å². The summed E-state index contributed by atoms with van der Waals surface area (Å²) >= 11 is 5.93. The molecular formula is C13H15ClO4. The Morgan fingerprint density at radius 2 is 1.72 bits per heavy atom. The van der Waals surface area contributed by atoms with Crippen molar-refractivity contribution in [2.24, 2.45) is 5.92 Å². The van der Waals surface area contributed by atoms with E-state index in [9.17, 15) is 9.59 Å². The number of esters is 2. The van der Waals surface area contributed by atoms with Gasteiger partial charge in [0.15, 0.2) is 5.92 Å². The molecule has 0 spiro atoms. The third-order valence-corrected chi connectivity index (χ3v) is 2.73. The molecule has 0 aliphatic heterocycles. The highest BCUT2D eigenvalue weighted by Gasteiger charge is 2.28. The SMILES string of the molecule is COC(=O)C(Cc1cc(C)cc(Cl)c1)C(=O)OC. The smallest absolute Gasteiger partial charge is 0.320 e. The Hall–Kier alpha value is -1.55. The number of ether oxygens (including phenoxy) is 2. The number of carbonyl (C=O) groups excluding carboxylic acids is 2. The molecule has 0 saturated heterocycles. The number of hydrogen-bond acceptors (Lipinski definition) is 4. The van der Waals surface area contributed by atoms with E-state index < -0.39 is 17.9 Å². The zero-order valence-electron chi connectivity index (χ0n) is 10.5. The molecule has 5 heteroatoms. The van der Waals surface area contributed by atoms with Gasteiger partial charge in [-0.15, -0.1) is 0 Å². The first-order valence-corrected chi connectivity index (χ1v) is 5.77. The molecule has 98 valence electrons. The van der Waals surface area contributed by atoms with E-state index in [0.717, 1.165) is 11.1 Å². The van der Waals surface area contributed by atoms with E-state index in [1.165, 1.54) is 14.2 Å². The molecule has 0 N–H and O–H groups in total. The van der Waals surface area contributed by atoms with Crippen LogP contribution in [0.1, 0.15) is 11.1 Å². The van der Waals surface area contributed by atoms with E-state index in [2.05, 4.69) is 9.47 Å². The minimum absolute atomic E-state index is 0.209. The Labute approximate surface area is 111 Å². The Kier molecular flexibility index (Phi) is 5.16. The van der Waals surface area contributed by atoms with Gasteiger partial charge in [-0.05, 0) is 36.6 Å². The highest BCUT2D eigenvalue weighted by Crippen LogP contribution is 2.18. The average molecular weight is 271 g/mol. The van der Waals surface area contributed by atoms with Crippen LogP contribution in [0.25, 0.3) is 0 Å². The number of aryl methyl sites for hydroxylation is 1. The van der Waals surface area contributed by atoms with Crippen molar-refractivity contribution in [2.75, 3.05) is 14.2 Å². The van der Waals surface area contributed by atoms with Crippen molar-refractivity contribution in [3.63, 3.8) is 0 Å². The first-order chi connectivity index (χ1) is 8.47. The fourth-order valence-electron chi connectivity index (χ4n) is 1.71. The van der Waals surface area contributed by atoms with Crippen LogP contribution < -0.4 is 0 Å². The van der Waals surface area contributed by atoms with Crippen LogP contribution in [-0.4, -0.2) is 26.2 Å². The van der Waals surface area contributed by atoms with Crippen molar-refractivity contribution in [3.05, 3.63) is 34.3 Å². The molecule has 0 unspecified atom stereocenters. The maximum Gasteiger partial charge on any atom is 0.320 e. The molecule has 0 aromatic heterocycles. The maximum atomic E-state index is 11.5. The molecular weight excluding hydrogens is 256 g/mol. The summed E-state index contributed by atoms with van der Waals surface area (Å²) in [4.78, 5) is 23.1. The Morgan fingerprint density at radius 1 is 1.17 bits per heavy atom. The molecule has 18 heavy (non-hydrogen) atoms. The summed E-state index contributed by atoms with van der Waals surface area (Å²) < 4.78 is 9.19. The lowest BCUT2D eigenvalue weighted by Gasteiger charge is -2.13. The summed E-state index contributed by atoms with van der Waals surface area (Å²) in [6, 6.07) is 5.38. The van der Waals surface area contributed by atoms with Gasteiger partial charge in [-0.25, -0.2) is 0 Å². The van der Waals surface area contributed by atoms with Gasteiger partial charge in [-0.2, -0.15) is 0 Å². The summed E-state index contributed by atoms with van der Waals surface area (Å²) in [6.45, 7) is 1.89. The van der Waals surface area contributed by atoms with E-state index in [-0.39, 0.29) is 6.42 Å². The molecule has 0 heterocycles. The van der Waals surface area contributed by atoms with Gasteiger partial charge in [0.1, 0.15) is 0 Å². The number of hydrogen-bond donors (Lipinski definition) is 0. The van der Waals surface area contributed by atoms with Gasteiger partial charge in [0.05, 0.1) is 14.2 Å². The van der Waals surface area contributed by atoms with E-state index in [4.69, 9.17) is 11.6 Å². The van der Waals surface area contributed by atoms with Gasteiger partial charge in [0, 0.05) is 5.02 Å². The van der Waals surface area contributed by atoms with Crippen molar-refractivity contribution in [2.45, 2.75) is 13.3 Å². The van der Waals surface area contributed by atoms with Crippen molar-refractivity contribution in [3.8, 4) is 0 Å². The number of halogens is 1. The number of rotatable bonds is 4. The minimum atomic E-state index is -0.960. The van der Waals surface area contributed by atoms with Gasteiger partial charge in [-0.3, -0.25) is 9.59 Å². The minimum Gasteiger partial charge on any atom is -0.468 e. The summed E-state index contributed by atoms with van der Waals surface area (Å²) in [5.74, 6) is -2.18. The third kappa shape index (κ3) is 3.74. The Morgan fingerprint density at radius 3 is 2.17 bits per heavy atom. The van der Waals surface area contributed by atoms with Crippen LogP contribution in [0.4, 0.5) is 0 Å². The summed E-state index contributed by atoms with van der Waals surface area (Å²) in [5, 5.41) is 0.568. The lowest BCUT2D eigenvalue weighted by Crippen LogP contribution is -2.28. The van der Waals surface area contributed by atoms with E-state index in [1.807, 2.05) is 13.0 Å².